The number of nitrogens with zero attached hydrogens (tertiary/aromatic N) is 1. The normalized spacial score (nSPS) is 15.9. The fourth-order valence-corrected chi connectivity index (χ4v) is 3.12. The summed E-state index contributed by atoms with van der Waals surface area (Å²) in [4.78, 5) is 37.5. The van der Waals surface area contributed by atoms with Crippen LogP contribution in [0.2, 0.25) is 0 Å². The molecule has 0 bridgehead atoms. The summed E-state index contributed by atoms with van der Waals surface area (Å²) < 4.78 is 6.00. The van der Waals surface area contributed by atoms with Crippen molar-refractivity contribution in [3.63, 3.8) is 0 Å². The molecule has 0 aromatic rings. The minimum Gasteiger partial charge on any atom is -0.375 e. The lowest BCUT2D eigenvalue weighted by Gasteiger charge is -2.35. The van der Waals surface area contributed by atoms with Crippen LogP contribution in [-0.2, 0) is 19.1 Å². The van der Waals surface area contributed by atoms with Gasteiger partial charge in [-0.25, -0.2) is 0 Å². The van der Waals surface area contributed by atoms with E-state index in [1.54, 1.807) is 0 Å². The van der Waals surface area contributed by atoms with Gasteiger partial charge < -0.3 is 4.74 Å². The topological polar surface area (TPSA) is 63.7 Å². The summed E-state index contributed by atoms with van der Waals surface area (Å²) >= 11 is 0. The van der Waals surface area contributed by atoms with Gasteiger partial charge in [0.25, 0.3) is 11.8 Å². The summed E-state index contributed by atoms with van der Waals surface area (Å²) in [5.74, 6) is -0.259. The van der Waals surface area contributed by atoms with Gasteiger partial charge in [-0.1, -0.05) is 20.8 Å². The number of hydrogen-bond acceptors (Lipinski definition) is 4. The van der Waals surface area contributed by atoms with Crippen LogP contribution in [0, 0.1) is 5.41 Å². The number of amides is 2. The first kappa shape index (κ1) is 22.6. The third-order valence-electron chi connectivity index (χ3n) is 5.81. The third-order valence-corrected chi connectivity index (χ3v) is 5.81. The lowest BCUT2D eigenvalue weighted by atomic mass is 9.78. The second kappa shape index (κ2) is 8.47. The monoisotopic (exact) mass is 365 g/mol. The Morgan fingerprint density at radius 2 is 1.46 bits per heavy atom. The van der Waals surface area contributed by atoms with Crippen molar-refractivity contribution in [2.45, 2.75) is 91.7 Å². The number of hydrogen-bond donors (Lipinski definition) is 0. The molecular weight excluding hydrogens is 330 g/mol. The van der Waals surface area contributed by atoms with Gasteiger partial charge in [0.2, 0.25) is 0 Å². The van der Waals surface area contributed by atoms with E-state index in [0.29, 0.717) is 31.7 Å². The van der Waals surface area contributed by atoms with E-state index in [1.165, 1.54) is 17.1 Å². The Balaban J connectivity index is 2.52. The maximum atomic E-state index is 12.5. The van der Waals surface area contributed by atoms with Gasteiger partial charge in [-0.05, 0) is 53.4 Å². The molecule has 5 nitrogen and oxygen atoms in total. The van der Waals surface area contributed by atoms with Gasteiger partial charge >= 0.3 is 0 Å². The van der Waals surface area contributed by atoms with Crippen molar-refractivity contribution in [3.8, 4) is 0 Å². The Bertz CT molecular complexity index is 553. The molecule has 0 saturated carbocycles. The lowest BCUT2D eigenvalue weighted by Crippen LogP contribution is -2.48. The molecule has 0 unspecified atom stereocenters. The van der Waals surface area contributed by atoms with E-state index in [9.17, 15) is 14.4 Å². The molecule has 1 aliphatic rings. The van der Waals surface area contributed by atoms with Gasteiger partial charge in [-0.2, -0.15) is 0 Å². The predicted molar refractivity (Wildman–Crippen MR) is 103 cm³/mol. The van der Waals surface area contributed by atoms with E-state index in [-0.39, 0.29) is 17.2 Å². The molecule has 0 spiro atoms. The molecule has 0 aliphatic carbocycles. The van der Waals surface area contributed by atoms with E-state index in [2.05, 4.69) is 13.8 Å². The first-order valence-corrected chi connectivity index (χ1v) is 9.62. The molecule has 0 fully saturated rings. The molecule has 148 valence electrons. The third kappa shape index (κ3) is 5.50. The largest absolute Gasteiger partial charge is 0.375 e. The van der Waals surface area contributed by atoms with Crippen LogP contribution >= 0.6 is 0 Å². The maximum absolute atomic E-state index is 12.5. The average Bonchev–Trinajstić information content (AvgIpc) is 2.90. The van der Waals surface area contributed by atoms with E-state index in [0.717, 1.165) is 12.8 Å². The Hall–Kier alpha value is -1.49. The highest BCUT2D eigenvalue weighted by Crippen LogP contribution is 2.31. The standard InChI is InChI=1S/C21H35NO4/c1-8-21(7,9-2)16(23)12-13-20(5,6)26-15-14-19(3,4)22-17(24)10-11-18(22)25/h10-11H,8-9,12-15H2,1-7H3. The number of ether oxygens (including phenoxy) is 1. The molecule has 1 aliphatic heterocycles. The van der Waals surface area contributed by atoms with Gasteiger partial charge in [0.05, 0.1) is 5.60 Å². The first-order valence-electron chi connectivity index (χ1n) is 9.62. The summed E-state index contributed by atoms with van der Waals surface area (Å²) in [6.45, 7) is 14.3. The van der Waals surface area contributed by atoms with E-state index < -0.39 is 11.1 Å². The average molecular weight is 366 g/mol. The van der Waals surface area contributed by atoms with Gasteiger partial charge in [-0.3, -0.25) is 19.3 Å². The molecule has 1 rings (SSSR count). The second-order valence-corrected chi connectivity index (χ2v) is 8.71. The molecule has 0 aromatic heterocycles. The highest BCUT2D eigenvalue weighted by molar-refractivity contribution is 6.13. The van der Waals surface area contributed by atoms with Crippen molar-refractivity contribution in [1.29, 1.82) is 0 Å². The van der Waals surface area contributed by atoms with E-state index in [1.807, 2.05) is 34.6 Å². The van der Waals surface area contributed by atoms with Crippen LogP contribution in [-0.4, -0.2) is 40.2 Å². The Morgan fingerprint density at radius 3 is 1.92 bits per heavy atom. The summed E-state index contributed by atoms with van der Waals surface area (Å²) in [5, 5.41) is 0. The van der Waals surface area contributed by atoms with Crippen LogP contribution in [0.3, 0.4) is 0 Å². The van der Waals surface area contributed by atoms with Crippen LogP contribution in [0.15, 0.2) is 12.2 Å². The Kier molecular flexibility index (Phi) is 7.34. The van der Waals surface area contributed by atoms with Crippen LogP contribution in [0.4, 0.5) is 0 Å². The second-order valence-electron chi connectivity index (χ2n) is 8.71. The van der Waals surface area contributed by atoms with Crippen molar-refractivity contribution in [1.82, 2.24) is 4.90 Å². The van der Waals surface area contributed by atoms with E-state index >= 15 is 0 Å². The highest BCUT2D eigenvalue weighted by atomic mass is 16.5. The molecule has 2 amide bonds. The van der Waals surface area contributed by atoms with Crippen LogP contribution < -0.4 is 0 Å². The molecule has 26 heavy (non-hydrogen) atoms. The summed E-state index contributed by atoms with van der Waals surface area (Å²) in [7, 11) is 0. The van der Waals surface area contributed by atoms with Crippen molar-refractivity contribution in [2.75, 3.05) is 6.61 Å². The number of carbonyl (C=O) groups excluding carboxylic acids is 3. The zero-order valence-electron chi connectivity index (χ0n) is 17.5. The first-order chi connectivity index (χ1) is 11.9. The predicted octanol–water partition coefficient (Wildman–Crippen LogP) is 4.05. The van der Waals surface area contributed by atoms with E-state index in [4.69, 9.17) is 4.74 Å². The minimum absolute atomic E-state index is 0.248. The number of imide groups is 1. The fourth-order valence-electron chi connectivity index (χ4n) is 3.12. The quantitative estimate of drug-likeness (QED) is 0.518. The van der Waals surface area contributed by atoms with Gasteiger partial charge in [0, 0.05) is 36.1 Å². The molecule has 1 heterocycles. The molecule has 0 N–H and O–H groups in total. The van der Waals surface area contributed by atoms with Crippen molar-refractivity contribution < 1.29 is 19.1 Å². The van der Waals surface area contributed by atoms with Crippen LogP contribution in [0.5, 0.6) is 0 Å². The summed E-state index contributed by atoms with van der Waals surface area (Å²) in [6.07, 6.45) is 6.02. The maximum Gasteiger partial charge on any atom is 0.254 e. The van der Waals surface area contributed by atoms with Crippen LogP contribution in [0.25, 0.3) is 0 Å². The van der Waals surface area contributed by atoms with Crippen molar-refractivity contribution in [3.05, 3.63) is 12.2 Å². The molecule has 0 saturated heterocycles. The van der Waals surface area contributed by atoms with Gasteiger partial charge in [-0.15, -0.1) is 0 Å². The molecule has 0 radical (unpaired) electrons. The summed E-state index contributed by atoms with van der Waals surface area (Å²) in [6, 6.07) is 0. The summed E-state index contributed by atoms with van der Waals surface area (Å²) in [5.41, 5.74) is -1.28. The SMILES string of the molecule is CCC(C)(CC)C(=O)CCC(C)(C)OCCC(C)(C)N1C(=O)C=CC1=O. The number of ketones is 1. The fraction of sp³-hybridized carbons (Fsp3) is 0.762. The Morgan fingerprint density at radius 1 is 0.962 bits per heavy atom. The molecule has 5 heteroatoms. The number of Topliss-reactive ketones (excluding diaryl/α,β-unsaturated/α-hetero) is 1. The minimum atomic E-state index is -0.605. The highest BCUT2D eigenvalue weighted by Gasteiger charge is 2.37. The smallest absolute Gasteiger partial charge is 0.254 e. The van der Waals surface area contributed by atoms with Crippen molar-refractivity contribution in [2.24, 2.45) is 5.41 Å². The van der Waals surface area contributed by atoms with Gasteiger partial charge in [0.1, 0.15) is 5.78 Å². The zero-order valence-corrected chi connectivity index (χ0v) is 17.5. The van der Waals surface area contributed by atoms with Gasteiger partial charge in [0.15, 0.2) is 0 Å². The Labute approximate surface area is 158 Å². The van der Waals surface area contributed by atoms with Crippen LogP contribution in [0.1, 0.15) is 80.6 Å². The number of rotatable bonds is 11. The lowest BCUT2D eigenvalue weighted by molar-refractivity contribution is -0.144. The molecule has 0 aromatic carbocycles. The number of carbonyl (C=O) groups is 3. The molecular formula is C21H35NO4. The zero-order chi connectivity index (χ0) is 20.2. The molecule has 0 atom stereocenters. The van der Waals surface area contributed by atoms with Crippen molar-refractivity contribution >= 4 is 17.6 Å².